The van der Waals surface area contributed by atoms with Gasteiger partial charge in [-0.15, -0.1) is 0 Å². The molecule has 22 heavy (non-hydrogen) atoms. The maximum absolute atomic E-state index is 11.1. The summed E-state index contributed by atoms with van der Waals surface area (Å²) in [7, 11) is 0. The average Bonchev–Trinajstić information content (AvgIpc) is 2.61. The number of aldehydes is 1. The van der Waals surface area contributed by atoms with E-state index in [1.165, 1.54) is 0 Å². The highest BCUT2D eigenvalue weighted by Crippen LogP contribution is 2.23. The number of ether oxygens (including phenoxy) is 1. The van der Waals surface area contributed by atoms with Crippen LogP contribution in [0.25, 0.3) is 11.1 Å². The molecule has 0 atom stereocenters. The number of carbonyl (C=O) groups is 1. The molecule has 0 radical (unpaired) electrons. The standard InChI is InChI=1S/C18H14N2O2/c21-12-15-5-1-2-7-17(15)14-8-9-18(20-11-14)22-13-16-6-3-4-10-19-16/h1-12H,13H2. The third-order valence-corrected chi connectivity index (χ3v) is 3.23. The fraction of sp³-hybridized carbons (Fsp3) is 0.0556. The normalized spacial score (nSPS) is 10.2. The molecule has 0 aliphatic heterocycles. The molecule has 0 spiro atoms. The van der Waals surface area contributed by atoms with Gasteiger partial charge in [0.2, 0.25) is 5.88 Å². The van der Waals surface area contributed by atoms with E-state index in [9.17, 15) is 4.79 Å². The fourth-order valence-corrected chi connectivity index (χ4v) is 2.12. The van der Waals surface area contributed by atoms with Gasteiger partial charge in [0.05, 0.1) is 5.69 Å². The van der Waals surface area contributed by atoms with E-state index < -0.39 is 0 Å². The maximum Gasteiger partial charge on any atom is 0.213 e. The smallest absolute Gasteiger partial charge is 0.213 e. The molecule has 0 fully saturated rings. The zero-order chi connectivity index (χ0) is 15.2. The van der Waals surface area contributed by atoms with Crippen LogP contribution in [0.4, 0.5) is 0 Å². The number of carbonyl (C=O) groups excluding carboxylic acids is 1. The van der Waals surface area contributed by atoms with E-state index in [1.807, 2.05) is 42.5 Å². The number of hydrogen-bond donors (Lipinski definition) is 0. The lowest BCUT2D eigenvalue weighted by molar-refractivity contribution is 0.112. The fourth-order valence-electron chi connectivity index (χ4n) is 2.12. The van der Waals surface area contributed by atoms with Gasteiger partial charge in [-0.05, 0) is 23.8 Å². The Hall–Kier alpha value is -3.01. The highest BCUT2D eigenvalue weighted by molar-refractivity contribution is 5.87. The third-order valence-electron chi connectivity index (χ3n) is 3.23. The second kappa shape index (κ2) is 6.63. The quantitative estimate of drug-likeness (QED) is 0.674. The molecule has 0 saturated heterocycles. The van der Waals surface area contributed by atoms with Crippen molar-refractivity contribution in [2.24, 2.45) is 0 Å². The summed E-state index contributed by atoms with van der Waals surface area (Å²) in [5.74, 6) is 0.526. The minimum absolute atomic E-state index is 0.373. The molecule has 2 heterocycles. The number of hydrogen-bond acceptors (Lipinski definition) is 4. The molecule has 2 aromatic heterocycles. The summed E-state index contributed by atoms with van der Waals surface area (Å²) in [6.07, 6.45) is 4.28. The second-order valence-corrected chi connectivity index (χ2v) is 4.70. The first-order chi connectivity index (χ1) is 10.9. The summed E-state index contributed by atoms with van der Waals surface area (Å²) in [4.78, 5) is 19.5. The molecule has 108 valence electrons. The van der Waals surface area contributed by atoms with Crippen LogP contribution in [0.5, 0.6) is 5.88 Å². The first-order valence-corrected chi connectivity index (χ1v) is 6.90. The summed E-state index contributed by atoms with van der Waals surface area (Å²) < 4.78 is 5.60. The zero-order valence-electron chi connectivity index (χ0n) is 11.8. The maximum atomic E-state index is 11.1. The van der Waals surface area contributed by atoms with Gasteiger partial charge in [0, 0.05) is 29.6 Å². The predicted molar refractivity (Wildman–Crippen MR) is 83.6 cm³/mol. The Bertz CT molecular complexity index is 756. The van der Waals surface area contributed by atoms with E-state index in [2.05, 4.69) is 9.97 Å². The molecule has 4 heteroatoms. The molecular weight excluding hydrogens is 276 g/mol. The van der Waals surface area contributed by atoms with Crippen LogP contribution in [0.15, 0.2) is 67.0 Å². The molecule has 3 rings (SSSR count). The van der Waals surface area contributed by atoms with Crippen molar-refractivity contribution in [3.63, 3.8) is 0 Å². The Morgan fingerprint density at radius 1 is 0.955 bits per heavy atom. The lowest BCUT2D eigenvalue weighted by atomic mass is 10.0. The molecule has 0 saturated carbocycles. The van der Waals surface area contributed by atoms with Crippen molar-refractivity contribution >= 4 is 6.29 Å². The van der Waals surface area contributed by atoms with Crippen LogP contribution in [0.2, 0.25) is 0 Å². The van der Waals surface area contributed by atoms with E-state index in [-0.39, 0.29) is 0 Å². The van der Waals surface area contributed by atoms with Crippen molar-refractivity contribution in [3.05, 3.63) is 78.2 Å². The summed E-state index contributed by atoms with van der Waals surface area (Å²) in [5, 5.41) is 0. The van der Waals surface area contributed by atoms with Gasteiger partial charge in [-0.2, -0.15) is 0 Å². The van der Waals surface area contributed by atoms with Crippen LogP contribution in [0, 0.1) is 0 Å². The van der Waals surface area contributed by atoms with Crippen LogP contribution in [-0.4, -0.2) is 16.3 Å². The summed E-state index contributed by atoms with van der Waals surface area (Å²) in [5.41, 5.74) is 3.24. The van der Waals surface area contributed by atoms with Gasteiger partial charge in [-0.25, -0.2) is 4.98 Å². The summed E-state index contributed by atoms with van der Waals surface area (Å²) >= 11 is 0. The predicted octanol–water partition coefficient (Wildman–Crippen LogP) is 3.54. The molecule has 0 amide bonds. The van der Waals surface area contributed by atoms with Gasteiger partial charge >= 0.3 is 0 Å². The van der Waals surface area contributed by atoms with E-state index >= 15 is 0 Å². The highest BCUT2D eigenvalue weighted by Gasteiger charge is 2.05. The topological polar surface area (TPSA) is 52.1 Å². The van der Waals surface area contributed by atoms with Gasteiger partial charge in [0.15, 0.2) is 6.29 Å². The lowest BCUT2D eigenvalue weighted by Crippen LogP contribution is -1.99. The Morgan fingerprint density at radius 3 is 2.55 bits per heavy atom. The number of benzene rings is 1. The zero-order valence-corrected chi connectivity index (χ0v) is 11.8. The molecule has 0 N–H and O–H groups in total. The van der Waals surface area contributed by atoms with Crippen molar-refractivity contribution in [2.45, 2.75) is 6.61 Å². The van der Waals surface area contributed by atoms with Crippen molar-refractivity contribution in [1.29, 1.82) is 0 Å². The van der Waals surface area contributed by atoms with Crippen LogP contribution < -0.4 is 4.74 Å². The van der Waals surface area contributed by atoms with Gasteiger partial charge in [-0.1, -0.05) is 30.3 Å². The molecule has 0 unspecified atom stereocenters. The molecular formula is C18H14N2O2. The minimum atomic E-state index is 0.373. The van der Waals surface area contributed by atoms with Gasteiger partial charge in [0.1, 0.15) is 6.61 Å². The van der Waals surface area contributed by atoms with E-state index in [0.717, 1.165) is 23.1 Å². The molecule has 0 aliphatic rings. The number of nitrogens with zero attached hydrogens (tertiary/aromatic N) is 2. The molecule has 0 bridgehead atoms. The van der Waals surface area contributed by atoms with Crippen LogP contribution in [-0.2, 0) is 6.61 Å². The number of pyridine rings is 2. The first kappa shape index (κ1) is 13.9. The Labute approximate surface area is 128 Å². The monoisotopic (exact) mass is 290 g/mol. The minimum Gasteiger partial charge on any atom is -0.471 e. The third kappa shape index (κ3) is 3.17. The van der Waals surface area contributed by atoms with Crippen molar-refractivity contribution in [1.82, 2.24) is 9.97 Å². The van der Waals surface area contributed by atoms with Crippen LogP contribution in [0.1, 0.15) is 16.1 Å². The van der Waals surface area contributed by atoms with Crippen molar-refractivity contribution in [2.75, 3.05) is 0 Å². The van der Waals surface area contributed by atoms with E-state index in [4.69, 9.17) is 4.74 Å². The van der Waals surface area contributed by atoms with Crippen molar-refractivity contribution < 1.29 is 9.53 Å². The van der Waals surface area contributed by atoms with Crippen LogP contribution >= 0.6 is 0 Å². The molecule has 3 aromatic rings. The number of rotatable bonds is 5. The van der Waals surface area contributed by atoms with Gasteiger partial charge in [0.25, 0.3) is 0 Å². The van der Waals surface area contributed by atoms with Crippen LogP contribution in [0.3, 0.4) is 0 Å². The lowest BCUT2D eigenvalue weighted by Gasteiger charge is -2.07. The highest BCUT2D eigenvalue weighted by atomic mass is 16.5. The Kier molecular flexibility index (Phi) is 4.20. The van der Waals surface area contributed by atoms with E-state index in [0.29, 0.717) is 18.1 Å². The van der Waals surface area contributed by atoms with Gasteiger partial charge in [-0.3, -0.25) is 9.78 Å². The number of aromatic nitrogens is 2. The first-order valence-electron chi connectivity index (χ1n) is 6.90. The van der Waals surface area contributed by atoms with Crippen molar-refractivity contribution in [3.8, 4) is 17.0 Å². The second-order valence-electron chi connectivity index (χ2n) is 4.70. The largest absolute Gasteiger partial charge is 0.471 e. The SMILES string of the molecule is O=Cc1ccccc1-c1ccc(OCc2ccccn2)nc1. The molecule has 1 aromatic carbocycles. The Morgan fingerprint density at radius 2 is 1.82 bits per heavy atom. The summed E-state index contributed by atoms with van der Waals surface area (Å²) in [6.45, 7) is 0.373. The Balaban J connectivity index is 1.74. The molecule has 4 nitrogen and oxygen atoms in total. The average molecular weight is 290 g/mol. The van der Waals surface area contributed by atoms with Gasteiger partial charge < -0.3 is 4.74 Å². The summed E-state index contributed by atoms with van der Waals surface area (Å²) in [6, 6.07) is 16.8. The molecule has 0 aliphatic carbocycles. The van der Waals surface area contributed by atoms with E-state index in [1.54, 1.807) is 24.5 Å².